The zero-order valence-electron chi connectivity index (χ0n) is 41.4. The Bertz CT molecular complexity index is 867. The van der Waals surface area contributed by atoms with Gasteiger partial charge in [-0.3, -0.25) is 9.59 Å². The zero-order valence-corrected chi connectivity index (χ0v) is 41.4. The molecule has 0 fully saturated rings. The molecule has 0 aliphatic heterocycles. The monoisotopic (exact) mass is 864 g/mol. The van der Waals surface area contributed by atoms with E-state index in [2.05, 4.69) is 19.2 Å². The molecule has 0 aromatic carbocycles. The van der Waals surface area contributed by atoms with Crippen molar-refractivity contribution in [3.8, 4) is 0 Å². The molecule has 61 heavy (non-hydrogen) atoms. The maximum atomic E-state index is 12.5. The number of nitrogens with one attached hydrogen (secondary N) is 1. The Morgan fingerprint density at radius 1 is 0.393 bits per heavy atom. The number of unbranched alkanes of at least 4 members (excludes halogenated alkanes) is 41. The SMILES string of the molecule is CCCCCCCCCCCCCCCCCCCCCC(O)C(CO)NC(=O)CCCCCCCCCCCCCOC(=O)CCCCCCCCCCCCCCCC. The van der Waals surface area contributed by atoms with Gasteiger partial charge in [-0.25, -0.2) is 0 Å². The Morgan fingerprint density at radius 3 is 1.00 bits per heavy atom. The minimum absolute atomic E-state index is 0.0102. The average molecular weight is 864 g/mol. The Labute approximate surface area is 381 Å². The summed E-state index contributed by atoms with van der Waals surface area (Å²) >= 11 is 0. The second-order valence-corrected chi connectivity index (χ2v) is 19.3. The summed E-state index contributed by atoms with van der Waals surface area (Å²) in [6, 6.07) is -0.554. The van der Waals surface area contributed by atoms with Gasteiger partial charge < -0.3 is 20.3 Å². The van der Waals surface area contributed by atoms with Crippen molar-refractivity contribution in [1.29, 1.82) is 0 Å². The number of hydrogen-bond donors (Lipinski definition) is 3. The maximum Gasteiger partial charge on any atom is 0.305 e. The van der Waals surface area contributed by atoms with Crippen LogP contribution < -0.4 is 5.32 Å². The summed E-state index contributed by atoms with van der Waals surface area (Å²) < 4.78 is 5.46. The fourth-order valence-corrected chi connectivity index (χ4v) is 8.88. The van der Waals surface area contributed by atoms with E-state index in [-0.39, 0.29) is 18.5 Å². The van der Waals surface area contributed by atoms with Crippen molar-refractivity contribution in [3.05, 3.63) is 0 Å². The fraction of sp³-hybridized carbons (Fsp3) is 0.964. The molecule has 2 unspecified atom stereocenters. The van der Waals surface area contributed by atoms with Gasteiger partial charge in [0, 0.05) is 12.8 Å². The second-order valence-electron chi connectivity index (χ2n) is 19.3. The first kappa shape index (κ1) is 59.9. The summed E-state index contributed by atoms with van der Waals surface area (Å²) in [5.74, 6) is -0.0601. The number of ether oxygens (including phenoxy) is 1. The van der Waals surface area contributed by atoms with E-state index < -0.39 is 12.1 Å². The van der Waals surface area contributed by atoms with Gasteiger partial charge in [0.05, 0.1) is 25.4 Å². The molecule has 0 saturated carbocycles. The molecule has 0 bridgehead atoms. The highest BCUT2D eigenvalue weighted by Gasteiger charge is 2.20. The van der Waals surface area contributed by atoms with E-state index in [0.717, 1.165) is 57.8 Å². The first-order chi connectivity index (χ1) is 30.0. The van der Waals surface area contributed by atoms with Gasteiger partial charge in [0.2, 0.25) is 5.91 Å². The van der Waals surface area contributed by atoms with Crippen molar-refractivity contribution in [1.82, 2.24) is 5.32 Å². The molecule has 2 atom stereocenters. The second kappa shape index (κ2) is 51.5. The van der Waals surface area contributed by atoms with Crippen LogP contribution in [0.25, 0.3) is 0 Å². The number of amides is 1. The average Bonchev–Trinajstić information content (AvgIpc) is 3.26. The van der Waals surface area contributed by atoms with E-state index >= 15 is 0 Å². The minimum atomic E-state index is -0.675. The summed E-state index contributed by atoms with van der Waals surface area (Å²) in [5, 5.41) is 23.3. The lowest BCUT2D eigenvalue weighted by molar-refractivity contribution is -0.143. The largest absolute Gasteiger partial charge is 0.466 e. The van der Waals surface area contributed by atoms with Crippen molar-refractivity contribution in [2.24, 2.45) is 0 Å². The summed E-state index contributed by atoms with van der Waals surface area (Å²) in [7, 11) is 0. The third-order valence-corrected chi connectivity index (χ3v) is 13.2. The smallest absolute Gasteiger partial charge is 0.305 e. The number of hydrogen-bond acceptors (Lipinski definition) is 5. The highest BCUT2D eigenvalue weighted by molar-refractivity contribution is 5.76. The van der Waals surface area contributed by atoms with Crippen LogP contribution in [0.3, 0.4) is 0 Å². The third kappa shape index (κ3) is 48.2. The molecule has 0 heterocycles. The molecule has 1 amide bonds. The number of esters is 1. The lowest BCUT2D eigenvalue weighted by atomic mass is 10.0. The van der Waals surface area contributed by atoms with Crippen molar-refractivity contribution < 1.29 is 24.5 Å². The molecular weight excluding hydrogens is 755 g/mol. The Kier molecular flexibility index (Phi) is 50.5. The van der Waals surface area contributed by atoms with Gasteiger partial charge in [0.25, 0.3) is 0 Å². The lowest BCUT2D eigenvalue weighted by Gasteiger charge is -2.22. The predicted octanol–water partition coefficient (Wildman–Crippen LogP) is 16.7. The van der Waals surface area contributed by atoms with Crippen LogP contribution >= 0.6 is 0 Å². The maximum absolute atomic E-state index is 12.5. The van der Waals surface area contributed by atoms with Crippen molar-refractivity contribution >= 4 is 11.9 Å². The van der Waals surface area contributed by atoms with Crippen LogP contribution in [-0.4, -0.2) is 47.4 Å². The normalized spacial score (nSPS) is 12.5. The summed E-state index contributed by atoms with van der Waals surface area (Å²) in [6.45, 7) is 4.94. The summed E-state index contributed by atoms with van der Waals surface area (Å²) in [4.78, 5) is 24.5. The van der Waals surface area contributed by atoms with E-state index in [1.54, 1.807) is 0 Å². The summed E-state index contributed by atoms with van der Waals surface area (Å²) in [5.41, 5.74) is 0. The van der Waals surface area contributed by atoms with Gasteiger partial charge in [-0.1, -0.05) is 277 Å². The Hall–Kier alpha value is -1.14. The number of aliphatic hydroxyl groups is 2. The van der Waals surface area contributed by atoms with Crippen LogP contribution in [-0.2, 0) is 14.3 Å². The van der Waals surface area contributed by atoms with Crippen LogP contribution in [0.4, 0.5) is 0 Å². The highest BCUT2D eigenvalue weighted by atomic mass is 16.5. The van der Waals surface area contributed by atoms with Gasteiger partial charge in [-0.05, 0) is 25.7 Å². The first-order valence-corrected chi connectivity index (χ1v) is 27.8. The van der Waals surface area contributed by atoms with E-state index in [1.807, 2.05) is 0 Å². The van der Waals surface area contributed by atoms with Crippen LogP contribution in [0, 0.1) is 0 Å². The molecule has 364 valence electrons. The molecule has 0 aromatic heterocycles. The van der Waals surface area contributed by atoms with E-state index in [4.69, 9.17) is 4.74 Å². The van der Waals surface area contributed by atoms with Crippen LogP contribution in [0.1, 0.15) is 316 Å². The first-order valence-electron chi connectivity index (χ1n) is 27.8. The van der Waals surface area contributed by atoms with Gasteiger partial charge in [-0.2, -0.15) is 0 Å². The van der Waals surface area contributed by atoms with Gasteiger partial charge in [0.15, 0.2) is 0 Å². The molecule has 0 aromatic rings. The van der Waals surface area contributed by atoms with Crippen molar-refractivity contribution in [2.45, 2.75) is 328 Å². The number of rotatable bonds is 52. The van der Waals surface area contributed by atoms with Crippen molar-refractivity contribution in [2.75, 3.05) is 13.2 Å². The molecule has 0 aliphatic carbocycles. The molecule has 0 saturated heterocycles. The molecule has 6 heteroatoms. The molecule has 3 N–H and O–H groups in total. The lowest BCUT2D eigenvalue weighted by Crippen LogP contribution is -2.45. The Morgan fingerprint density at radius 2 is 0.672 bits per heavy atom. The molecule has 6 nitrogen and oxygen atoms in total. The topological polar surface area (TPSA) is 95.9 Å². The molecule has 0 rings (SSSR count). The quantitative estimate of drug-likeness (QED) is 0.0418. The number of carbonyl (C=O) groups excluding carboxylic acids is 2. The van der Waals surface area contributed by atoms with Crippen LogP contribution in [0.5, 0.6) is 0 Å². The molecule has 0 aliphatic rings. The van der Waals surface area contributed by atoms with Crippen LogP contribution in [0.2, 0.25) is 0 Å². The van der Waals surface area contributed by atoms with E-state index in [1.165, 1.54) is 225 Å². The minimum Gasteiger partial charge on any atom is -0.466 e. The number of aliphatic hydroxyl groups excluding tert-OH is 2. The third-order valence-electron chi connectivity index (χ3n) is 13.2. The summed E-state index contributed by atoms with van der Waals surface area (Å²) in [6.07, 6.45) is 57.9. The van der Waals surface area contributed by atoms with Gasteiger partial charge in [0.1, 0.15) is 0 Å². The zero-order chi connectivity index (χ0) is 44.4. The molecule has 0 spiro atoms. The Balaban J connectivity index is 3.45. The van der Waals surface area contributed by atoms with E-state index in [0.29, 0.717) is 25.9 Å². The van der Waals surface area contributed by atoms with E-state index in [9.17, 15) is 19.8 Å². The van der Waals surface area contributed by atoms with Crippen LogP contribution in [0.15, 0.2) is 0 Å². The predicted molar refractivity (Wildman–Crippen MR) is 264 cm³/mol. The highest BCUT2D eigenvalue weighted by Crippen LogP contribution is 2.18. The van der Waals surface area contributed by atoms with Gasteiger partial charge in [-0.15, -0.1) is 0 Å². The fourth-order valence-electron chi connectivity index (χ4n) is 8.88. The standard InChI is InChI=1S/C55H109NO5/c1-3-5-7-9-11-13-15-17-19-20-21-22-23-24-27-31-35-39-43-47-53(58)52(51-57)56-54(59)48-44-40-36-32-28-26-30-34-38-42-46-50-61-55(60)49-45-41-37-33-29-25-18-16-14-12-10-8-6-4-2/h52-53,57-58H,3-51H2,1-2H3,(H,56,59). The van der Waals surface area contributed by atoms with Crippen molar-refractivity contribution in [3.63, 3.8) is 0 Å². The van der Waals surface area contributed by atoms with Gasteiger partial charge >= 0.3 is 5.97 Å². The molecular formula is C55H109NO5. The molecule has 0 radical (unpaired) electrons. The number of carbonyl (C=O) groups is 2.